The summed E-state index contributed by atoms with van der Waals surface area (Å²) >= 11 is 0. The SMILES string of the molecule is CC(=O)Oc1ccc(CC(NC(=O)/C=C/c2coc3ccc(C)cc3c2=O)C(=O)O)cc1. The molecule has 1 atom stereocenters. The first-order valence-electron chi connectivity index (χ1n) is 9.74. The van der Waals surface area contributed by atoms with Gasteiger partial charge in [0.15, 0.2) is 5.43 Å². The van der Waals surface area contributed by atoms with E-state index in [4.69, 9.17) is 9.15 Å². The normalized spacial score (nSPS) is 11.9. The predicted molar refractivity (Wildman–Crippen MR) is 117 cm³/mol. The second-order valence-electron chi connectivity index (χ2n) is 7.19. The third kappa shape index (κ3) is 5.69. The number of carboxylic acids is 1. The zero-order chi connectivity index (χ0) is 23.3. The van der Waals surface area contributed by atoms with Gasteiger partial charge >= 0.3 is 11.9 Å². The number of amides is 1. The van der Waals surface area contributed by atoms with Gasteiger partial charge in [-0.2, -0.15) is 0 Å². The zero-order valence-electron chi connectivity index (χ0n) is 17.5. The smallest absolute Gasteiger partial charge is 0.326 e. The number of hydrogen-bond donors (Lipinski definition) is 2. The maximum atomic E-state index is 12.6. The highest BCUT2D eigenvalue weighted by Gasteiger charge is 2.19. The van der Waals surface area contributed by atoms with E-state index in [-0.39, 0.29) is 17.4 Å². The maximum Gasteiger partial charge on any atom is 0.326 e. The highest BCUT2D eigenvalue weighted by atomic mass is 16.5. The fourth-order valence-electron chi connectivity index (χ4n) is 3.06. The molecule has 3 aromatic rings. The fraction of sp³-hybridized carbons (Fsp3) is 0.167. The van der Waals surface area contributed by atoms with Gasteiger partial charge in [-0.25, -0.2) is 4.79 Å². The van der Waals surface area contributed by atoms with Crippen LogP contribution in [0.4, 0.5) is 0 Å². The number of carboxylic acid groups (broad SMARTS) is 1. The van der Waals surface area contributed by atoms with Gasteiger partial charge < -0.3 is 19.6 Å². The molecule has 0 radical (unpaired) electrons. The van der Waals surface area contributed by atoms with E-state index in [9.17, 15) is 24.3 Å². The first kappa shape index (κ1) is 22.5. The molecule has 3 rings (SSSR count). The fourth-order valence-corrected chi connectivity index (χ4v) is 3.06. The summed E-state index contributed by atoms with van der Waals surface area (Å²) < 4.78 is 10.4. The number of rotatable bonds is 7. The standard InChI is InChI=1S/C24H21NO7/c1-14-3-9-21-19(11-14)23(28)17(13-31-21)6-10-22(27)25-20(24(29)30)12-16-4-7-18(8-5-16)32-15(2)26/h3-11,13,20H,12H2,1-2H3,(H,25,27)(H,29,30)/b10-6+. The van der Waals surface area contributed by atoms with Gasteiger partial charge in [-0.3, -0.25) is 14.4 Å². The van der Waals surface area contributed by atoms with E-state index in [0.29, 0.717) is 22.3 Å². The molecule has 2 N–H and O–H groups in total. The molecule has 0 aliphatic heterocycles. The van der Waals surface area contributed by atoms with Gasteiger partial charge in [-0.05, 0) is 42.8 Å². The Labute approximate surface area is 183 Å². The van der Waals surface area contributed by atoms with Crippen molar-refractivity contribution < 1.29 is 28.6 Å². The van der Waals surface area contributed by atoms with E-state index in [1.165, 1.54) is 31.4 Å². The van der Waals surface area contributed by atoms with Crippen LogP contribution in [0.5, 0.6) is 5.75 Å². The lowest BCUT2D eigenvalue weighted by atomic mass is 10.1. The molecule has 8 heteroatoms. The molecule has 32 heavy (non-hydrogen) atoms. The monoisotopic (exact) mass is 435 g/mol. The zero-order valence-corrected chi connectivity index (χ0v) is 17.5. The lowest BCUT2D eigenvalue weighted by Crippen LogP contribution is -2.41. The van der Waals surface area contributed by atoms with Gasteiger partial charge in [-0.15, -0.1) is 0 Å². The summed E-state index contributed by atoms with van der Waals surface area (Å²) in [5.41, 5.74) is 1.85. The summed E-state index contributed by atoms with van der Waals surface area (Å²) in [6, 6.07) is 10.3. The Kier molecular flexibility index (Phi) is 6.84. The highest BCUT2D eigenvalue weighted by Crippen LogP contribution is 2.15. The van der Waals surface area contributed by atoms with Gasteiger partial charge in [0.2, 0.25) is 5.91 Å². The van der Waals surface area contributed by atoms with E-state index in [2.05, 4.69) is 5.32 Å². The minimum absolute atomic E-state index is 0.0205. The Hall–Kier alpha value is -4.20. The van der Waals surface area contributed by atoms with Crippen LogP contribution in [0.3, 0.4) is 0 Å². The average molecular weight is 435 g/mol. The van der Waals surface area contributed by atoms with E-state index < -0.39 is 23.9 Å². The number of ether oxygens (including phenoxy) is 1. The van der Waals surface area contributed by atoms with Gasteiger partial charge in [0.25, 0.3) is 0 Å². The van der Waals surface area contributed by atoms with Crippen molar-refractivity contribution >= 4 is 34.9 Å². The summed E-state index contributed by atoms with van der Waals surface area (Å²) in [6.07, 6.45) is 3.65. The van der Waals surface area contributed by atoms with E-state index in [1.54, 1.807) is 24.3 Å². The third-order valence-electron chi connectivity index (χ3n) is 4.61. The number of aliphatic carboxylic acids is 1. The minimum atomic E-state index is -1.21. The molecule has 0 saturated heterocycles. The van der Waals surface area contributed by atoms with Crippen LogP contribution < -0.4 is 15.5 Å². The summed E-state index contributed by atoms with van der Waals surface area (Å²) in [5.74, 6) is -2.01. The third-order valence-corrected chi connectivity index (χ3v) is 4.61. The first-order chi connectivity index (χ1) is 15.2. The number of benzene rings is 2. The second-order valence-corrected chi connectivity index (χ2v) is 7.19. The van der Waals surface area contributed by atoms with Crippen LogP contribution in [-0.4, -0.2) is 29.0 Å². The van der Waals surface area contributed by atoms with Gasteiger partial charge in [0.1, 0.15) is 23.6 Å². The number of carbonyl (C=O) groups excluding carboxylic acids is 2. The number of fused-ring (bicyclic) bond motifs is 1. The van der Waals surface area contributed by atoms with Crippen LogP contribution in [0.25, 0.3) is 17.0 Å². The molecule has 0 bridgehead atoms. The Morgan fingerprint density at radius 2 is 1.88 bits per heavy atom. The molecule has 0 saturated carbocycles. The van der Waals surface area contributed by atoms with E-state index in [1.807, 2.05) is 13.0 Å². The van der Waals surface area contributed by atoms with Crippen molar-refractivity contribution in [1.29, 1.82) is 0 Å². The lowest BCUT2D eigenvalue weighted by molar-refractivity contribution is -0.141. The molecule has 0 aliphatic carbocycles. The van der Waals surface area contributed by atoms with Crippen molar-refractivity contribution in [2.24, 2.45) is 0 Å². The number of esters is 1. The average Bonchev–Trinajstić information content (AvgIpc) is 2.74. The van der Waals surface area contributed by atoms with Crippen LogP contribution in [0.2, 0.25) is 0 Å². The van der Waals surface area contributed by atoms with E-state index >= 15 is 0 Å². The van der Waals surface area contributed by atoms with Crippen molar-refractivity contribution in [2.75, 3.05) is 0 Å². The quantitative estimate of drug-likeness (QED) is 0.332. The molecule has 8 nitrogen and oxygen atoms in total. The molecule has 1 heterocycles. The van der Waals surface area contributed by atoms with Crippen molar-refractivity contribution in [3.8, 4) is 5.75 Å². The van der Waals surface area contributed by atoms with Gasteiger partial charge in [0.05, 0.1) is 10.9 Å². The summed E-state index contributed by atoms with van der Waals surface area (Å²) in [7, 11) is 0. The Morgan fingerprint density at radius 1 is 1.16 bits per heavy atom. The minimum Gasteiger partial charge on any atom is -0.480 e. The lowest BCUT2D eigenvalue weighted by Gasteiger charge is -2.13. The number of carbonyl (C=O) groups is 3. The highest BCUT2D eigenvalue weighted by molar-refractivity contribution is 5.94. The molecule has 1 unspecified atom stereocenters. The van der Waals surface area contributed by atoms with Crippen molar-refractivity contribution in [2.45, 2.75) is 26.3 Å². The molecule has 0 spiro atoms. The van der Waals surface area contributed by atoms with Crippen molar-refractivity contribution in [1.82, 2.24) is 5.32 Å². The van der Waals surface area contributed by atoms with Gasteiger partial charge in [-0.1, -0.05) is 23.8 Å². The van der Waals surface area contributed by atoms with Crippen LogP contribution in [0.1, 0.15) is 23.6 Å². The van der Waals surface area contributed by atoms with Gasteiger partial charge in [0, 0.05) is 19.4 Å². The first-order valence-corrected chi connectivity index (χ1v) is 9.74. The molecular formula is C24H21NO7. The second kappa shape index (κ2) is 9.74. The molecule has 1 aromatic heterocycles. The van der Waals surface area contributed by atoms with E-state index in [0.717, 1.165) is 11.6 Å². The number of aryl methyl sites for hydroxylation is 1. The van der Waals surface area contributed by atoms with Crippen LogP contribution in [-0.2, 0) is 20.8 Å². The van der Waals surface area contributed by atoms with Crippen molar-refractivity contribution in [3.05, 3.63) is 81.7 Å². The Morgan fingerprint density at radius 3 is 2.53 bits per heavy atom. The summed E-state index contributed by atoms with van der Waals surface area (Å²) in [4.78, 5) is 47.4. The Balaban J connectivity index is 1.70. The van der Waals surface area contributed by atoms with Crippen molar-refractivity contribution in [3.63, 3.8) is 0 Å². The van der Waals surface area contributed by atoms with Crippen LogP contribution in [0.15, 0.2) is 64.0 Å². The molecule has 2 aromatic carbocycles. The molecule has 164 valence electrons. The summed E-state index contributed by atoms with van der Waals surface area (Å²) in [5, 5.41) is 12.3. The van der Waals surface area contributed by atoms with Crippen LogP contribution in [0, 0.1) is 6.92 Å². The summed E-state index contributed by atoms with van der Waals surface area (Å²) in [6.45, 7) is 3.13. The molecular weight excluding hydrogens is 414 g/mol. The molecule has 1 amide bonds. The number of hydrogen-bond acceptors (Lipinski definition) is 6. The molecule has 0 fully saturated rings. The van der Waals surface area contributed by atoms with Crippen LogP contribution >= 0.6 is 0 Å². The Bertz CT molecular complexity index is 1260. The number of nitrogens with one attached hydrogen (secondary N) is 1. The predicted octanol–water partition coefficient (Wildman–Crippen LogP) is 2.85. The largest absolute Gasteiger partial charge is 0.480 e. The topological polar surface area (TPSA) is 123 Å². The maximum absolute atomic E-state index is 12.6. The molecule has 0 aliphatic rings.